The summed E-state index contributed by atoms with van der Waals surface area (Å²) in [5.41, 5.74) is 8.53. The van der Waals surface area contributed by atoms with Gasteiger partial charge < -0.3 is 24.7 Å². The van der Waals surface area contributed by atoms with Crippen LogP contribution in [0.3, 0.4) is 0 Å². The molecule has 0 spiro atoms. The van der Waals surface area contributed by atoms with Gasteiger partial charge in [-0.1, -0.05) is 0 Å². The second-order valence-corrected chi connectivity index (χ2v) is 6.40. The molecule has 3 aromatic rings. The van der Waals surface area contributed by atoms with E-state index >= 15 is 0 Å². The van der Waals surface area contributed by atoms with Crippen LogP contribution < -0.4 is 25.7 Å². The molecule has 9 nitrogen and oxygen atoms in total. The number of aromatic nitrogens is 3. The van der Waals surface area contributed by atoms with Crippen molar-refractivity contribution in [1.29, 1.82) is 0 Å². The minimum Gasteiger partial charge on any atom is -0.491 e. The standard InChI is InChI=1S/C20H19N5O4/c1-28-17-7-12(8-22-19(17)29-2)15-5-4-14-16(23-15)10-25(20(14)27)13-3-6-18(26)24(9-13)11-21/h3-9H,10-11,21H2,1-2H3. The van der Waals surface area contributed by atoms with Crippen LogP contribution in [0.1, 0.15) is 16.1 Å². The normalized spacial score (nSPS) is 12.8. The Labute approximate surface area is 166 Å². The molecule has 2 N–H and O–H groups in total. The van der Waals surface area contributed by atoms with Crippen LogP contribution >= 0.6 is 0 Å². The van der Waals surface area contributed by atoms with Gasteiger partial charge in [-0.05, 0) is 24.3 Å². The molecule has 0 unspecified atom stereocenters. The number of hydrogen-bond acceptors (Lipinski definition) is 7. The lowest BCUT2D eigenvalue weighted by Crippen LogP contribution is -2.28. The largest absolute Gasteiger partial charge is 0.491 e. The fraction of sp³-hybridized carbons (Fsp3) is 0.200. The van der Waals surface area contributed by atoms with Crippen molar-refractivity contribution in [2.45, 2.75) is 13.2 Å². The molecule has 0 aromatic carbocycles. The number of ether oxygens (including phenoxy) is 2. The molecule has 1 amide bonds. The molecule has 3 aromatic heterocycles. The molecule has 0 bridgehead atoms. The van der Waals surface area contributed by atoms with E-state index in [1.54, 1.807) is 41.6 Å². The van der Waals surface area contributed by atoms with Crippen LogP contribution in [-0.2, 0) is 13.2 Å². The number of methoxy groups -OCH3 is 2. The number of hydrogen-bond donors (Lipinski definition) is 1. The van der Waals surface area contributed by atoms with Crippen LogP contribution in [0, 0.1) is 0 Å². The van der Waals surface area contributed by atoms with Crippen molar-refractivity contribution in [2.24, 2.45) is 5.73 Å². The molecule has 0 radical (unpaired) electrons. The highest BCUT2D eigenvalue weighted by Crippen LogP contribution is 2.32. The van der Waals surface area contributed by atoms with E-state index in [9.17, 15) is 9.59 Å². The summed E-state index contributed by atoms with van der Waals surface area (Å²) in [5, 5.41) is 0. The minimum absolute atomic E-state index is 0.0380. The van der Waals surface area contributed by atoms with Crippen molar-refractivity contribution in [1.82, 2.24) is 14.5 Å². The Kier molecular flexibility index (Phi) is 4.73. The molecular formula is C20H19N5O4. The van der Waals surface area contributed by atoms with E-state index in [0.717, 1.165) is 5.56 Å². The van der Waals surface area contributed by atoms with E-state index in [-0.39, 0.29) is 18.1 Å². The molecule has 0 fully saturated rings. The van der Waals surface area contributed by atoms with Crippen LogP contribution in [0.5, 0.6) is 11.6 Å². The SMILES string of the molecule is COc1cc(-c2ccc3c(n2)CN(c2ccc(=O)n(CN)c2)C3=O)cnc1OC. The van der Waals surface area contributed by atoms with E-state index in [4.69, 9.17) is 15.2 Å². The predicted molar refractivity (Wildman–Crippen MR) is 106 cm³/mol. The van der Waals surface area contributed by atoms with Crippen LogP contribution in [0.15, 0.2) is 47.5 Å². The zero-order chi connectivity index (χ0) is 20.5. The highest BCUT2D eigenvalue weighted by Gasteiger charge is 2.30. The van der Waals surface area contributed by atoms with Gasteiger partial charge in [0.05, 0.1) is 50.1 Å². The summed E-state index contributed by atoms with van der Waals surface area (Å²) in [6, 6.07) is 8.30. The number of carbonyl (C=O) groups excluding carboxylic acids is 1. The van der Waals surface area contributed by atoms with Crippen molar-refractivity contribution in [3.8, 4) is 22.9 Å². The first-order valence-corrected chi connectivity index (χ1v) is 8.86. The van der Waals surface area contributed by atoms with E-state index in [0.29, 0.717) is 40.8 Å². The summed E-state index contributed by atoms with van der Waals surface area (Å²) in [6.45, 7) is 0.335. The number of fused-ring (bicyclic) bond motifs is 1. The molecule has 9 heteroatoms. The molecule has 0 atom stereocenters. The van der Waals surface area contributed by atoms with Gasteiger partial charge in [-0.25, -0.2) is 4.98 Å². The summed E-state index contributed by atoms with van der Waals surface area (Å²) < 4.78 is 11.8. The first kappa shape index (κ1) is 18.6. The van der Waals surface area contributed by atoms with Crippen LogP contribution in [0.2, 0.25) is 0 Å². The summed E-state index contributed by atoms with van der Waals surface area (Å²) >= 11 is 0. The Morgan fingerprint density at radius 3 is 2.69 bits per heavy atom. The molecule has 0 saturated heterocycles. The van der Waals surface area contributed by atoms with Gasteiger partial charge >= 0.3 is 0 Å². The second kappa shape index (κ2) is 7.36. The maximum atomic E-state index is 12.8. The van der Waals surface area contributed by atoms with E-state index in [2.05, 4.69) is 9.97 Å². The molecule has 0 saturated carbocycles. The van der Waals surface area contributed by atoms with Crippen molar-refractivity contribution in [2.75, 3.05) is 19.1 Å². The maximum Gasteiger partial charge on any atom is 0.260 e. The van der Waals surface area contributed by atoms with Gasteiger partial charge in [-0.15, -0.1) is 0 Å². The lowest BCUT2D eigenvalue weighted by Gasteiger charge is -2.16. The van der Waals surface area contributed by atoms with Crippen LogP contribution in [0.25, 0.3) is 11.3 Å². The summed E-state index contributed by atoms with van der Waals surface area (Å²) in [4.78, 5) is 35.0. The third-order valence-electron chi connectivity index (χ3n) is 4.76. The highest BCUT2D eigenvalue weighted by molar-refractivity contribution is 6.09. The van der Waals surface area contributed by atoms with Gasteiger partial charge in [0.25, 0.3) is 17.3 Å². The van der Waals surface area contributed by atoms with Gasteiger partial charge in [0.15, 0.2) is 5.75 Å². The predicted octanol–water partition coefficient (Wildman–Crippen LogP) is 1.40. The molecule has 0 aliphatic carbocycles. The van der Waals surface area contributed by atoms with E-state index in [1.807, 2.05) is 0 Å². The fourth-order valence-electron chi connectivity index (χ4n) is 3.25. The van der Waals surface area contributed by atoms with Gasteiger partial charge in [-0.2, -0.15) is 0 Å². The van der Waals surface area contributed by atoms with Gasteiger partial charge in [0.2, 0.25) is 0 Å². The van der Waals surface area contributed by atoms with Crippen molar-refractivity contribution in [3.05, 3.63) is 64.3 Å². The van der Waals surface area contributed by atoms with Crippen LogP contribution in [-0.4, -0.2) is 34.7 Å². The number of amides is 1. The molecule has 29 heavy (non-hydrogen) atoms. The summed E-state index contributed by atoms with van der Waals surface area (Å²) in [6.07, 6.45) is 3.22. The average molecular weight is 393 g/mol. The number of pyridine rings is 3. The quantitative estimate of drug-likeness (QED) is 0.697. The first-order valence-electron chi connectivity index (χ1n) is 8.86. The Hall–Kier alpha value is -3.72. The molecular weight excluding hydrogens is 374 g/mol. The Morgan fingerprint density at radius 1 is 1.14 bits per heavy atom. The topological polar surface area (TPSA) is 113 Å². The number of nitrogens with zero attached hydrogens (tertiary/aromatic N) is 4. The van der Waals surface area contributed by atoms with E-state index in [1.165, 1.54) is 24.9 Å². The number of rotatable bonds is 5. The average Bonchev–Trinajstić information content (AvgIpc) is 3.09. The fourth-order valence-corrected chi connectivity index (χ4v) is 3.25. The lowest BCUT2D eigenvalue weighted by molar-refractivity contribution is 0.0996. The maximum absolute atomic E-state index is 12.8. The van der Waals surface area contributed by atoms with E-state index < -0.39 is 0 Å². The Balaban J connectivity index is 1.68. The Bertz CT molecular complexity index is 1160. The number of carbonyl (C=O) groups is 1. The third-order valence-corrected chi connectivity index (χ3v) is 4.76. The summed E-state index contributed by atoms with van der Waals surface area (Å²) in [5.74, 6) is 0.703. The monoisotopic (exact) mass is 393 g/mol. The molecule has 1 aliphatic heterocycles. The lowest BCUT2D eigenvalue weighted by atomic mass is 10.1. The van der Waals surface area contributed by atoms with Crippen molar-refractivity contribution < 1.29 is 14.3 Å². The molecule has 1 aliphatic rings. The third kappa shape index (κ3) is 3.21. The van der Waals surface area contributed by atoms with Crippen LogP contribution in [0.4, 0.5) is 5.69 Å². The Morgan fingerprint density at radius 2 is 1.97 bits per heavy atom. The zero-order valence-corrected chi connectivity index (χ0v) is 16.0. The smallest absolute Gasteiger partial charge is 0.260 e. The van der Waals surface area contributed by atoms with Gasteiger partial charge in [0.1, 0.15) is 0 Å². The molecule has 4 heterocycles. The molecule has 4 rings (SSSR count). The highest BCUT2D eigenvalue weighted by atomic mass is 16.5. The number of nitrogens with two attached hydrogens (primary N) is 1. The van der Waals surface area contributed by atoms with Gasteiger partial charge in [0, 0.05) is 24.0 Å². The molecule has 148 valence electrons. The minimum atomic E-state index is -0.221. The first-order chi connectivity index (χ1) is 14.0. The van der Waals surface area contributed by atoms with Crippen molar-refractivity contribution in [3.63, 3.8) is 0 Å². The summed E-state index contributed by atoms with van der Waals surface area (Å²) in [7, 11) is 3.06. The zero-order valence-electron chi connectivity index (χ0n) is 16.0. The number of anilines is 1. The van der Waals surface area contributed by atoms with Gasteiger partial charge in [-0.3, -0.25) is 14.6 Å². The van der Waals surface area contributed by atoms with Crippen molar-refractivity contribution >= 4 is 11.6 Å². The second-order valence-electron chi connectivity index (χ2n) is 6.40.